The number of rotatable bonds is 6. The van der Waals surface area contributed by atoms with Gasteiger partial charge in [0.2, 0.25) is 5.91 Å². The van der Waals surface area contributed by atoms with Crippen LogP contribution in [0.1, 0.15) is 22.8 Å². The van der Waals surface area contributed by atoms with Gasteiger partial charge in [-0.05, 0) is 29.8 Å². The van der Waals surface area contributed by atoms with Crippen LogP contribution < -0.4 is 14.8 Å². The van der Waals surface area contributed by atoms with E-state index in [9.17, 15) is 9.59 Å². The molecule has 0 atom stereocenters. The predicted molar refractivity (Wildman–Crippen MR) is 96.1 cm³/mol. The second-order valence-corrected chi connectivity index (χ2v) is 5.56. The first kappa shape index (κ1) is 18.3. The minimum absolute atomic E-state index is 0.0407. The van der Waals surface area contributed by atoms with Gasteiger partial charge < -0.3 is 19.7 Å². The molecule has 0 spiro atoms. The van der Waals surface area contributed by atoms with E-state index in [0.29, 0.717) is 29.3 Å². The average molecular weight is 342 g/mol. The van der Waals surface area contributed by atoms with E-state index in [1.54, 1.807) is 37.3 Å². The number of methoxy groups -OCH3 is 2. The summed E-state index contributed by atoms with van der Waals surface area (Å²) in [6.07, 6.45) is 0. The second kappa shape index (κ2) is 8.19. The number of para-hydroxylation sites is 1. The van der Waals surface area contributed by atoms with Crippen molar-refractivity contribution in [1.82, 2.24) is 4.90 Å². The lowest BCUT2D eigenvalue weighted by Gasteiger charge is -2.18. The number of nitrogens with zero attached hydrogens (tertiary/aromatic N) is 1. The van der Waals surface area contributed by atoms with E-state index in [-0.39, 0.29) is 11.8 Å². The predicted octanol–water partition coefficient (Wildman–Crippen LogP) is 2.93. The van der Waals surface area contributed by atoms with Crippen molar-refractivity contribution in [3.05, 3.63) is 53.6 Å². The van der Waals surface area contributed by atoms with Gasteiger partial charge in [0.1, 0.15) is 0 Å². The van der Waals surface area contributed by atoms with Crippen molar-refractivity contribution in [3.8, 4) is 11.5 Å². The molecule has 2 aromatic carbocycles. The van der Waals surface area contributed by atoms with Crippen LogP contribution in [0, 0.1) is 0 Å². The maximum atomic E-state index is 12.6. The Balaban J connectivity index is 2.22. The van der Waals surface area contributed by atoms with Gasteiger partial charge in [-0.15, -0.1) is 0 Å². The zero-order chi connectivity index (χ0) is 18.4. The third-order valence-corrected chi connectivity index (χ3v) is 3.86. The highest BCUT2D eigenvalue weighted by atomic mass is 16.5. The fraction of sp³-hybridized carbons (Fsp3) is 0.263. The number of hydrogen-bond acceptors (Lipinski definition) is 4. The molecule has 132 valence electrons. The van der Waals surface area contributed by atoms with E-state index >= 15 is 0 Å². The summed E-state index contributed by atoms with van der Waals surface area (Å²) in [5.74, 6) is 0.738. The van der Waals surface area contributed by atoms with Crippen LogP contribution in [0.15, 0.2) is 42.5 Å². The summed E-state index contributed by atoms with van der Waals surface area (Å²) in [5.41, 5.74) is 1.97. The molecular formula is C19H22N2O4. The van der Waals surface area contributed by atoms with Gasteiger partial charge in [0.25, 0.3) is 5.91 Å². The summed E-state index contributed by atoms with van der Waals surface area (Å²) in [7, 11) is 4.78. The molecule has 0 heterocycles. The Hall–Kier alpha value is -3.02. The number of carbonyl (C=O) groups is 2. The Morgan fingerprint density at radius 3 is 2.36 bits per heavy atom. The third kappa shape index (κ3) is 4.50. The van der Waals surface area contributed by atoms with Gasteiger partial charge in [0.15, 0.2) is 11.5 Å². The van der Waals surface area contributed by atoms with Crippen LogP contribution in [0.2, 0.25) is 0 Å². The van der Waals surface area contributed by atoms with Gasteiger partial charge in [-0.2, -0.15) is 0 Å². The SMILES string of the molecule is COc1ccc(C(=O)Nc2ccccc2CN(C)C(C)=O)cc1OC. The molecule has 0 fully saturated rings. The van der Waals surface area contributed by atoms with Crippen molar-refractivity contribution in [2.24, 2.45) is 0 Å². The molecule has 1 N–H and O–H groups in total. The molecule has 6 heteroatoms. The molecule has 0 radical (unpaired) electrons. The normalized spacial score (nSPS) is 10.1. The Morgan fingerprint density at radius 1 is 1.04 bits per heavy atom. The van der Waals surface area contributed by atoms with Crippen LogP contribution in [-0.4, -0.2) is 38.0 Å². The molecule has 0 aromatic heterocycles. The van der Waals surface area contributed by atoms with Crippen LogP contribution in [0.5, 0.6) is 11.5 Å². The highest BCUT2D eigenvalue weighted by Gasteiger charge is 2.13. The highest BCUT2D eigenvalue weighted by molar-refractivity contribution is 6.05. The van der Waals surface area contributed by atoms with Gasteiger partial charge in [-0.25, -0.2) is 0 Å². The lowest BCUT2D eigenvalue weighted by atomic mass is 10.1. The van der Waals surface area contributed by atoms with Crippen molar-refractivity contribution < 1.29 is 19.1 Å². The monoisotopic (exact) mass is 342 g/mol. The van der Waals surface area contributed by atoms with Crippen molar-refractivity contribution in [2.45, 2.75) is 13.5 Å². The Morgan fingerprint density at radius 2 is 1.72 bits per heavy atom. The van der Waals surface area contributed by atoms with Gasteiger partial charge >= 0.3 is 0 Å². The number of benzene rings is 2. The molecule has 0 unspecified atom stereocenters. The van der Waals surface area contributed by atoms with Crippen LogP contribution in [0.4, 0.5) is 5.69 Å². The summed E-state index contributed by atoms with van der Waals surface area (Å²) in [6.45, 7) is 1.92. The largest absolute Gasteiger partial charge is 0.493 e. The van der Waals surface area contributed by atoms with Gasteiger partial charge in [-0.1, -0.05) is 18.2 Å². The lowest BCUT2D eigenvalue weighted by Crippen LogP contribution is -2.24. The molecule has 6 nitrogen and oxygen atoms in total. The van der Waals surface area contributed by atoms with Crippen molar-refractivity contribution in [2.75, 3.05) is 26.6 Å². The van der Waals surface area contributed by atoms with E-state index in [1.165, 1.54) is 14.0 Å². The zero-order valence-corrected chi connectivity index (χ0v) is 14.8. The summed E-state index contributed by atoms with van der Waals surface area (Å²) < 4.78 is 10.4. The topological polar surface area (TPSA) is 67.9 Å². The van der Waals surface area contributed by atoms with E-state index in [2.05, 4.69) is 5.32 Å². The molecule has 0 bridgehead atoms. The number of carbonyl (C=O) groups excluding carboxylic acids is 2. The Kier molecular flexibility index (Phi) is 6.00. The summed E-state index contributed by atoms with van der Waals surface area (Å²) >= 11 is 0. The number of ether oxygens (including phenoxy) is 2. The van der Waals surface area contributed by atoms with Crippen LogP contribution in [-0.2, 0) is 11.3 Å². The molecule has 2 amide bonds. The second-order valence-electron chi connectivity index (χ2n) is 5.56. The zero-order valence-electron chi connectivity index (χ0n) is 14.8. The molecule has 0 aliphatic carbocycles. The molecule has 0 aliphatic heterocycles. The standard InChI is InChI=1S/C19H22N2O4/c1-13(22)21(2)12-15-7-5-6-8-16(15)20-19(23)14-9-10-17(24-3)18(11-14)25-4/h5-11H,12H2,1-4H3,(H,20,23). The first-order chi connectivity index (χ1) is 12.0. The molecule has 0 aliphatic rings. The molecule has 0 saturated carbocycles. The van der Waals surface area contributed by atoms with Crippen molar-refractivity contribution >= 4 is 17.5 Å². The fourth-order valence-corrected chi connectivity index (χ4v) is 2.32. The van der Waals surface area contributed by atoms with E-state index < -0.39 is 0 Å². The molecule has 25 heavy (non-hydrogen) atoms. The number of nitrogens with one attached hydrogen (secondary N) is 1. The lowest BCUT2D eigenvalue weighted by molar-refractivity contribution is -0.128. The number of hydrogen-bond donors (Lipinski definition) is 1. The van der Waals surface area contributed by atoms with E-state index in [1.807, 2.05) is 24.3 Å². The molecule has 2 rings (SSSR count). The highest BCUT2D eigenvalue weighted by Crippen LogP contribution is 2.28. The minimum atomic E-state index is -0.265. The quantitative estimate of drug-likeness (QED) is 0.876. The van der Waals surface area contributed by atoms with Crippen LogP contribution in [0.3, 0.4) is 0 Å². The third-order valence-electron chi connectivity index (χ3n) is 3.86. The maximum absolute atomic E-state index is 12.6. The van der Waals surface area contributed by atoms with E-state index in [4.69, 9.17) is 9.47 Å². The summed E-state index contributed by atoms with van der Waals surface area (Å²) in [4.78, 5) is 25.6. The van der Waals surface area contributed by atoms with Crippen molar-refractivity contribution in [3.63, 3.8) is 0 Å². The molecule has 0 saturated heterocycles. The summed E-state index contributed by atoms with van der Waals surface area (Å²) in [5, 5.41) is 2.89. The Bertz CT molecular complexity index is 774. The number of anilines is 1. The summed E-state index contributed by atoms with van der Waals surface area (Å²) in [6, 6.07) is 12.4. The smallest absolute Gasteiger partial charge is 0.255 e. The van der Waals surface area contributed by atoms with Gasteiger partial charge in [0, 0.05) is 31.8 Å². The van der Waals surface area contributed by atoms with Gasteiger partial charge in [-0.3, -0.25) is 9.59 Å². The number of amides is 2. The minimum Gasteiger partial charge on any atom is -0.493 e. The van der Waals surface area contributed by atoms with E-state index in [0.717, 1.165) is 5.56 Å². The van der Waals surface area contributed by atoms with Crippen LogP contribution in [0.25, 0.3) is 0 Å². The Labute approximate surface area is 147 Å². The first-order valence-corrected chi connectivity index (χ1v) is 7.79. The van der Waals surface area contributed by atoms with Crippen molar-refractivity contribution in [1.29, 1.82) is 0 Å². The fourth-order valence-electron chi connectivity index (χ4n) is 2.32. The first-order valence-electron chi connectivity index (χ1n) is 7.79. The van der Waals surface area contributed by atoms with Gasteiger partial charge in [0.05, 0.1) is 14.2 Å². The maximum Gasteiger partial charge on any atom is 0.255 e. The van der Waals surface area contributed by atoms with Crippen LogP contribution >= 0.6 is 0 Å². The average Bonchev–Trinajstić information content (AvgIpc) is 2.62. The molecular weight excluding hydrogens is 320 g/mol. The molecule has 2 aromatic rings.